The summed E-state index contributed by atoms with van der Waals surface area (Å²) >= 11 is 1.66. The molecule has 156 valence electrons. The zero-order valence-corrected chi connectivity index (χ0v) is 16.4. The lowest BCUT2D eigenvalue weighted by Gasteiger charge is -2.34. The van der Waals surface area contributed by atoms with Gasteiger partial charge in [0.15, 0.2) is 11.5 Å². The summed E-state index contributed by atoms with van der Waals surface area (Å²) in [5.41, 5.74) is -0.826. The number of nitro groups is 1. The smallest absolute Gasteiger partial charge is 0.387 e. The SMILES string of the molecule is COc1cc(C(=O)N2CCN(Cc3cccs3)CC2)c([N+](=O)[O-])cc1OC(F)F. The fourth-order valence-electron chi connectivity index (χ4n) is 3.12. The Kier molecular flexibility index (Phi) is 6.60. The second kappa shape index (κ2) is 9.14. The Balaban J connectivity index is 1.76. The quantitative estimate of drug-likeness (QED) is 0.498. The highest BCUT2D eigenvalue weighted by Crippen LogP contribution is 2.36. The van der Waals surface area contributed by atoms with Gasteiger partial charge in [0.25, 0.3) is 11.6 Å². The molecule has 0 unspecified atom stereocenters. The van der Waals surface area contributed by atoms with Gasteiger partial charge in [-0.25, -0.2) is 0 Å². The molecule has 1 fully saturated rings. The molecule has 0 bridgehead atoms. The zero-order chi connectivity index (χ0) is 21.0. The van der Waals surface area contributed by atoms with E-state index in [0.717, 1.165) is 18.7 Å². The summed E-state index contributed by atoms with van der Waals surface area (Å²) in [6.07, 6.45) is 0. The highest BCUT2D eigenvalue weighted by atomic mass is 32.1. The summed E-state index contributed by atoms with van der Waals surface area (Å²) in [4.78, 5) is 28.5. The molecule has 0 spiro atoms. The second-order valence-corrected chi connectivity index (χ2v) is 7.34. The van der Waals surface area contributed by atoms with Crippen molar-refractivity contribution in [1.29, 1.82) is 0 Å². The van der Waals surface area contributed by atoms with Crippen LogP contribution >= 0.6 is 11.3 Å². The third-order valence-corrected chi connectivity index (χ3v) is 5.41. The lowest BCUT2D eigenvalue weighted by atomic mass is 10.1. The summed E-state index contributed by atoms with van der Waals surface area (Å²) in [5.74, 6) is -1.21. The van der Waals surface area contributed by atoms with E-state index in [9.17, 15) is 23.7 Å². The van der Waals surface area contributed by atoms with E-state index in [1.54, 1.807) is 11.3 Å². The van der Waals surface area contributed by atoms with Crippen LogP contribution < -0.4 is 9.47 Å². The van der Waals surface area contributed by atoms with Crippen LogP contribution in [0.15, 0.2) is 29.6 Å². The van der Waals surface area contributed by atoms with Gasteiger partial charge >= 0.3 is 6.61 Å². The molecule has 1 aliphatic rings. The molecular weight excluding hydrogens is 408 g/mol. The third-order valence-electron chi connectivity index (χ3n) is 4.54. The Morgan fingerprint density at radius 2 is 2.00 bits per heavy atom. The first kappa shape index (κ1) is 20.9. The van der Waals surface area contributed by atoms with Gasteiger partial charge in [0.2, 0.25) is 0 Å². The van der Waals surface area contributed by atoms with E-state index < -0.39 is 28.9 Å². The number of rotatable bonds is 7. The Bertz CT molecular complexity index is 871. The number of methoxy groups -OCH3 is 1. The van der Waals surface area contributed by atoms with Crippen LogP contribution in [0.1, 0.15) is 15.2 Å². The number of halogens is 2. The summed E-state index contributed by atoms with van der Waals surface area (Å²) in [6.45, 7) is -0.338. The topological polar surface area (TPSA) is 85.2 Å². The molecule has 1 aromatic carbocycles. The molecule has 11 heteroatoms. The van der Waals surface area contributed by atoms with Crippen molar-refractivity contribution < 1.29 is 28.0 Å². The number of carbonyl (C=O) groups is 1. The van der Waals surface area contributed by atoms with Gasteiger partial charge in [-0.2, -0.15) is 8.78 Å². The summed E-state index contributed by atoms with van der Waals surface area (Å²) in [5, 5.41) is 13.4. The maximum atomic E-state index is 12.9. The zero-order valence-electron chi connectivity index (χ0n) is 15.5. The normalized spacial score (nSPS) is 14.8. The van der Waals surface area contributed by atoms with Crippen LogP contribution in [0.25, 0.3) is 0 Å². The maximum absolute atomic E-state index is 12.9. The third kappa shape index (κ3) is 4.98. The summed E-state index contributed by atoms with van der Waals surface area (Å²) in [6, 6.07) is 5.90. The standard InChI is InChI=1S/C18H19F2N3O5S/c1-27-15-9-13(14(23(25)26)10-16(15)28-18(19)20)17(24)22-6-4-21(5-7-22)11-12-3-2-8-29-12/h2-3,8-10,18H,4-7,11H2,1H3. The molecule has 0 aliphatic carbocycles. The van der Waals surface area contributed by atoms with Crippen LogP contribution in [0, 0.1) is 10.1 Å². The first-order valence-electron chi connectivity index (χ1n) is 8.74. The molecule has 2 aromatic rings. The van der Waals surface area contributed by atoms with Gasteiger partial charge in [-0.05, 0) is 11.4 Å². The van der Waals surface area contributed by atoms with Gasteiger partial charge in [-0.15, -0.1) is 11.3 Å². The predicted octanol–water partition coefficient (Wildman–Crippen LogP) is 3.22. The van der Waals surface area contributed by atoms with Crippen molar-refractivity contribution in [2.75, 3.05) is 33.3 Å². The molecular formula is C18H19F2N3O5S. The van der Waals surface area contributed by atoms with Crippen molar-refractivity contribution in [3.63, 3.8) is 0 Å². The molecule has 8 nitrogen and oxygen atoms in total. The van der Waals surface area contributed by atoms with Gasteiger partial charge in [0.1, 0.15) is 5.56 Å². The van der Waals surface area contributed by atoms with E-state index in [2.05, 4.69) is 9.64 Å². The number of benzene rings is 1. The van der Waals surface area contributed by atoms with Gasteiger partial charge in [-0.1, -0.05) is 6.07 Å². The number of nitro benzene ring substituents is 1. The number of hydrogen-bond acceptors (Lipinski definition) is 7. The number of ether oxygens (including phenoxy) is 2. The minimum absolute atomic E-state index is 0.171. The fourth-order valence-corrected chi connectivity index (χ4v) is 3.87. The molecule has 0 radical (unpaired) electrons. The number of thiophene rings is 1. The highest BCUT2D eigenvalue weighted by Gasteiger charge is 2.30. The molecule has 1 aliphatic heterocycles. The first-order chi connectivity index (χ1) is 13.9. The van der Waals surface area contributed by atoms with Crippen LogP contribution in [0.5, 0.6) is 11.5 Å². The minimum Gasteiger partial charge on any atom is -0.493 e. The average molecular weight is 427 g/mol. The molecule has 1 saturated heterocycles. The monoisotopic (exact) mass is 427 g/mol. The predicted molar refractivity (Wildman–Crippen MR) is 102 cm³/mol. The number of nitrogens with zero attached hydrogens (tertiary/aromatic N) is 3. The molecule has 2 heterocycles. The molecule has 0 atom stereocenters. The van der Waals surface area contributed by atoms with Crippen LogP contribution in [0.3, 0.4) is 0 Å². The van der Waals surface area contributed by atoms with Crippen LogP contribution in [-0.4, -0.2) is 60.5 Å². The summed E-state index contributed by atoms with van der Waals surface area (Å²) < 4.78 is 34.4. The van der Waals surface area contributed by atoms with Crippen molar-refractivity contribution in [3.8, 4) is 11.5 Å². The number of hydrogen-bond donors (Lipinski definition) is 0. The molecule has 3 rings (SSSR count). The largest absolute Gasteiger partial charge is 0.493 e. The lowest BCUT2D eigenvalue weighted by Crippen LogP contribution is -2.48. The maximum Gasteiger partial charge on any atom is 0.387 e. The Labute approximate surface area is 169 Å². The van der Waals surface area contributed by atoms with Crippen LogP contribution in [0.4, 0.5) is 14.5 Å². The molecule has 0 N–H and O–H groups in total. The molecule has 0 saturated carbocycles. The molecule has 1 aromatic heterocycles. The van der Waals surface area contributed by atoms with E-state index in [0.29, 0.717) is 26.2 Å². The van der Waals surface area contributed by atoms with Gasteiger partial charge < -0.3 is 14.4 Å². The van der Waals surface area contributed by atoms with Crippen molar-refractivity contribution in [1.82, 2.24) is 9.80 Å². The minimum atomic E-state index is -3.18. The van der Waals surface area contributed by atoms with Gasteiger partial charge in [0.05, 0.1) is 18.1 Å². The Morgan fingerprint density at radius 3 is 2.55 bits per heavy atom. The lowest BCUT2D eigenvalue weighted by molar-refractivity contribution is -0.385. The van der Waals surface area contributed by atoms with Gasteiger partial charge in [0, 0.05) is 43.7 Å². The van der Waals surface area contributed by atoms with E-state index in [1.165, 1.54) is 16.9 Å². The summed E-state index contributed by atoms with van der Waals surface area (Å²) in [7, 11) is 1.21. The van der Waals surface area contributed by atoms with Crippen molar-refractivity contribution in [2.45, 2.75) is 13.2 Å². The average Bonchev–Trinajstić information content (AvgIpc) is 3.20. The Morgan fingerprint density at radius 1 is 1.28 bits per heavy atom. The molecule has 29 heavy (non-hydrogen) atoms. The van der Waals surface area contributed by atoms with Crippen molar-refractivity contribution >= 4 is 22.9 Å². The first-order valence-corrected chi connectivity index (χ1v) is 9.62. The fraction of sp³-hybridized carbons (Fsp3) is 0.389. The number of alkyl halides is 2. The molecule has 1 amide bonds. The second-order valence-electron chi connectivity index (χ2n) is 6.30. The number of amides is 1. The van der Waals surface area contributed by atoms with Gasteiger partial charge in [-0.3, -0.25) is 19.8 Å². The number of piperazine rings is 1. The van der Waals surface area contributed by atoms with Crippen molar-refractivity contribution in [2.24, 2.45) is 0 Å². The van der Waals surface area contributed by atoms with E-state index in [1.807, 2.05) is 17.5 Å². The van der Waals surface area contributed by atoms with E-state index >= 15 is 0 Å². The van der Waals surface area contributed by atoms with Crippen LogP contribution in [-0.2, 0) is 6.54 Å². The van der Waals surface area contributed by atoms with Crippen molar-refractivity contribution in [3.05, 3.63) is 50.2 Å². The van der Waals surface area contributed by atoms with E-state index in [4.69, 9.17) is 4.74 Å². The van der Waals surface area contributed by atoms with Crippen LogP contribution in [0.2, 0.25) is 0 Å². The van der Waals surface area contributed by atoms with E-state index in [-0.39, 0.29) is 11.3 Å². The number of carbonyl (C=O) groups excluding carboxylic acids is 1. The highest BCUT2D eigenvalue weighted by molar-refractivity contribution is 7.09. The Hall–Kier alpha value is -2.79.